The van der Waals surface area contributed by atoms with Crippen molar-refractivity contribution in [3.05, 3.63) is 75.7 Å². The van der Waals surface area contributed by atoms with Crippen molar-refractivity contribution in [2.45, 2.75) is 57.2 Å². The molecule has 0 bridgehead atoms. The predicted molar refractivity (Wildman–Crippen MR) is 129 cm³/mol. The van der Waals surface area contributed by atoms with Gasteiger partial charge in [0.15, 0.2) is 0 Å². The maximum atomic E-state index is 13.9. The lowest BCUT2D eigenvalue weighted by Gasteiger charge is -2.36. The average Bonchev–Trinajstić information content (AvgIpc) is 3.39. The number of amides is 1. The van der Waals surface area contributed by atoms with Crippen LogP contribution in [-0.2, 0) is 10.2 Å². The van der Waals surface area contributed by atoms with Gasteiger partial charge in [-0.25, -0.2) is 4.79 Å². The lowest BCUT2D eigenvalue weighted by molar-refractivity contribution is -0.147. The minimum absolute atomic E-state index is 0.181. The van der Waals surface area contributed by atoms with Crippen LogP contribution in [0.5, 0.6) is 0 Å². The Morgan fingerprint density at radius 2 is 1.97 bits per heavy atom. The van der Waals surface area contributed by atoms with Gasteiger partial charge in [0.1, 0.15) is 5.54 Å². The highest BCUT2D eigenvalue weighted by Gasteiger charge is 2.57. The van der Waals surface area contributed by atoms with E-state index in [9.17, 15) is 14.7 Å². The summed E-state index contributed by atoms with van der Waals surface area (Å²) in [6, 6.07) is 4.45. The van der Waals surface area contributed by atoms with E-state index in [4.69, 9.17) is 11.6 Å². The third kappa shape index (κ3) is 4.13. The fraction of sp³-hybridized carbons (Fsp3) is 0.375. The molecule has 2 aromatic rings. The molecule has 4 rings (SSSR count). The summed E-state index contributed by atoms with van der Waals surface area (Å²) in [5, 5.41) is 13.8. The Morgan fingerprint density at radius 3 is 2.52 bits per heavy atom. The highest BCUT2D eigenvalue weighted by atomic mass is 35.5. The second kappa shape index (κ2) is 8.50. The number of carbonyl (C=O) groups excluding carboxylic acids is 1. The summed E-state index contributed by atoms with van der Waals surface area (Å²) >= 11 is 7.97. The number of thiazole rings is 1. The number of aromatic nitrogens is 1. The molecule has 2 N–H and O–H groups in total. The van der Waals surface area contributed by atoms with E-state index in [1.54, 1.807) is 43.2 Å². The topological polar surface area (TPSA) is 85.8 Å². The van der Waals surface area contributed by atoms with Gasteiger partial charge in [-0.1, -0.05) is 38.4 Å². The summed E-state index contributed by atoms with van der Waals surface area (Å²) in [6.45, 7) is 7.77. The predicted octanol–water partition coefficient (Wildman–Crippen LogP) is 4.74. The molecule has 1 aromatic heterocycles. The molecule has 174 valence electrons. The van der Waals surface area contributed by atoms with Crippen LogP contribution in [0.2, 0.25) is 5.02 Å². The number of halogens is 1. The van der Waals surface area contributed by atoms with Crippen molar-refractivity contribution in [2.24, 2.45) is 0 Å². The van der Waals surface area contributed by atoms with Crippen molar-refractivity contribution in [3.8, 4) is 0 Å². The van der Waals surface area contributed by atoms with Gasteiger partial charge in [-0.2, -0.15) is 0 Å². The van der Waals surface area contributed by atoms with E-state index in [0.29, 0.717) is 10.6 Å². The lowest BCUT2D eigenvalue weighted by atomic mass is 9.86. The van der Waals surface area contributed by atoms with Crippen molar-refractivity contribution in [1.29, 1.82) is 0 Å². The number of carboxylic acid groups (broad SMARTS) is 1. The van der Waals surface area contributed by atoms with Gasteiger partial charge in [-0.3, -0.25) is 9.78 Å². The molecular formula is C24H27ClN4O3S. The fourth-order valence-electron chi connectivity index (χ4n) is 4.57. The lowest BCUT2D eigenvalue weighted by Crippen LogP contribution is -2.51. The Balaban J connectivity index is 1.82. The van der Waals surface area contributed by atoms with Gasteiger partial charge in [-0.05, 0) is 30.0 Å². The molecular weight excluding hydrogens is 460 g/mol. The normalized spacial score (nSPS) is 24.8. The molecule has 1 fully saturated rings. The molecule has 0 saturated carbocycles. The van der Waals surface area contributed by atoms with E-state index in [1.165, 1.54) is 16.2 Å². The van der Waals surface area contributed by atoms with Gasteiger partial charge in [0.25, 0.3) is 5.91 Å². The van der Waals surface area contributed by atoms with E-state index >= 15 is 0 Å². The van der Waals surface area contributed by atoms with Gasteiger partial charge < -0.3 is 20.2 Å². The fourth-order valence-corrected chi connectivity index (χ4v) is 5.81. The molecule has 7 nitrogen and oxygen atoms in total. The Labute approximate surface area is 202 Å². The molecule has 9 heteroatoms. The Bertz CT molecular complexity index is 1110. The average molecular weight is 487 g/mol. The van der Waals surface area contributed by atoms with Crippen LogP contribution in [0.3, 0.4) is 0 Å². The summed E-state index contributed by atoms with van der Waals surface area (Å²) in [5.74, 6) is -1.42. The first-order valence-electron chi connectivity index (χ1n) is 10.7. The maximum Gasteiger partial charge on any atom is 0.329 e. The molecule has 0 radical (unpaired) electrons. The summed E-state index contributed by atoms with van der Waals surface area (Å²) in [4.78, 5) is 35.0. The number of rotatable bonds is 4. The van der Waals surface area contributed by atoms with Crippen LogP contribution in [0.25, 0.3) is 0 Å². The molecule has 1 amide bonds. The smallest absolute Gasteiger partial charge is 0.329 e. The van der Waals surface area contributed by atoms with Crippen molar-refractivity contribution in [3.63, 3.8) is 0 Å². The molecule has 3 heterocycles. The first kappa shape index (κ1) is 23.3. The Morgan fingerprint density at radius 1 is 1.27 bits per heavy atom. The van der Waals surface area contributed by atoms with E-state index in [-0.39, 0.29) is 23.8 Å². The molecule has 2 aliphatic heterocycles. The first-order chi connectivity index (χ1) is 15.5. The second-order valence-electron chi connectivity index (χ2n) is 9.56. The zero-order valence-corrected chi connectivity index (χ0v) is 20.5. The van der Waals surface area contributed by atoms with Gasteiger partial charge in [0.05, 0.1) is 17.6 Å². The summed E-state index contributed by atoms with van der Waals surface area (Å²) in [5.41, 5.74) is 1.39. The number of carbonyl (C=O) groups is 2. The number of carboxylic acids is 1. The molecule has 0 spiro atoms. The van der Waals surface area contributed by atoms with Crippen LogP contribution >= 0.6 is 22.9 Å². The molecule has 3 atom stereocenters. The van der Waals surface area contributed by atoms with Crippen LogP contribution < -0.4 is 5.32 Å². The monoisotopic (exact) mass is 486 g/mol. The van der Waals surface area contributed by atoms with Gasteiger partial charge in [-0.15, -0.1) is 11.3 Å². The number of nitrogens with one attached hydrogen (secondary N) is 1. The Kier molecular flexibility index (Phi) is 6.01. The van der Waals surface area contributed by atoms with Gasteiger partial charge in [0, 0.05) is 52.9 Å². The third-order valence-corrected chi connectivity index (χ3v) is 7.46. The highest BCUT2D eigenvalue weighted by Crippen LogP contribution is 2.47. The largest absolute Gasteiger partial charge is 0.480 e. The molecule has 0 aliphatic carbocycles. The number of benzene rings is 1. The zero-order chi connectivity index (χ0) is 24.0. The third-order valence-electron chi connectivity index (χ3n) is 6.30. The van der Waals surface area contributed by atoms with Crippen LogP contribution in [0, 0.1) is 0 Å². The summed E-state index contributed by atoms with van der Waals surface area (Å²) in [7, 11) is 0. The van der Waals surface area contributed by atoms with Crippen LogP contribution in [0.4, 0.5) is 0 Å². The standard InChI is InChI=1S/C24H27ClN4O3S/c1-23(2,3)16-6-5-15(11-17(16)25)21(30)29-20(19-13-27-14-33-19)18(12-24(29,4)22(31)32)28-9-7-26-8-10-28/h5-11,13-14,18,20,26H,12H2,1-4H3,(H,31,32)/t18-,20+,24-/m0/s1. The molecule has 1 saturated heterocycles. The number of hydrogen-bond donors (Lipinski definition) is 2. The minimum Gasteiger partial charge on any atom is -0.480 e. The number of aliphatic carboxylic acids is 1. The quantitative estimate of drug-likeness (QED) is 0.649. The molecule has 1 aromatic carbocycles. The second-order valence-corrected chi connectivity index (χ2v) is 10.9. The summed E-state index contributed by atoms with van der Waals surface area (Å²) < 4.78 is 0. The van der Waals surface area contributed by atoms with E-state index in [1.807, 2.05) is 23.4 Å². The zero-order valence-electron chi connectivity index (χ0n) is 18.9. The van der Waals surface area contributed by atoms with Crippen molar-refractivity contribution in [2.75, 3.05) is 0 Å². The van der Waals surface area contributed by atoms with E-state index in [0.717, 1.165) is 10.4 Å². The summed E-state index contributed by atoms with van der Waals surface area (Å²) in [6.07, 6.45) is 9.21. The number of nitrogens with zero attached hydrogens (tertiary/aromatic N) is 3. The highest BCUT2D eigenvalue weighted by molar-refractivity contribution is 7.09. The van der Waals surface area contributed by atoms with Crippen LogP contribution in [0.1, 0.15) is 61.0 Å². The van der Waals surface area contributed by atoms with Crippen LogP contribution in [-0.4, -0.2) is 43.3 Å². The Hall–Kier alpha value is -2.84. The number of hydrogen-bond acceptors (Lipinski definition) is 6. The van der Waals surface area contributed by atoms with Crippen molar-refractivity contribution in [1.82, 2.24) is 20.1 Å². The first-order valence-corrected chi connectivity index (χ1v) is 11.9. The van der Waals surface area contributed by atoms with Crippen molar-refractivity contribution < 1.29 is 14.7 Å². The molecule has 0 unspecified atom stereocenters. The van der Waals surface area contributed by atoms with E-state index in [2.05, 4.69) is 31.1 Å². The van der Waals surface area contributed by atoms with Gasteiger partial charge in [0.2, 0.25) is 0 Å². The molecule has 2 aliphatic rings. The van der Waals surface area contributed by atoms with Crippen LogP contribution in [0.15, 0.2) is 54.7 Å². The SMILES string of the molecule is CC(C)(C)c1ccc(C(=O)N2[C@@H](c3cncs3)[C@@H](N3C=CNC=C3)C[C@@]2(C)C(=O)O)cc1Cl. The number of likely N-dealkylation sites (tertiary alicyclic amines) is 1. The van der Waals surface area contributed by atoms with Crippen molar-refractivity contribution >= 4 is 34.8 Å². The van der Waals surface area contributed by atoms with Gasteiger partial charge >= 0.3 is 5.97 Å². The maximum absolute atomic E-state index is 13.9. The molecule has 33 heavy (non-hydrogen) atoms. The van der Waals surface area contributed by atoms with E-state index < -0.39 is 17.6 Å². The minimum atomic E-state index is -1.42.